The van der Waals surface area contributed by atoms with E-state index >= 15 is 0 Å². The number of carbonyl (C=O) groups excluding carboxylic acids is 1. The van der Waals surface area contributed by atoms with Crippen molar-refractivity contribution in [3.8, 4) is 0 Å². The molecule has 4 nitrogen and oxygen atoms in total. The van der Waals surface area contributed by atoms with Gasteiger partial charge in [0.2, 0.25) is 0 Å². The molecule has 0 radical (unpaired) electrons. The molecule has 0 aromatic heterocycles. The molecule has 2 atom stereocenters. The van der Waals surface area contributed by atoms with E-state index in [1.807, 2.05) is 35.3 Å². The summed E-state index contributed by atoms with van der Waals surface area (Å²) in [6.45, 7) is 9.31. The quantitative estimate of drug-likeness (QED) is 0.890. The van der Waals surface area contributed by atoms with Gasteiger partial charge in [0.15, 0.2) is 0 Å². The number of benzene rings is 1. The summed E-state index contributed by atoms with van der Waals surface area (Å²) in [5, 5.41) is 1.98. The van der Waals surface area contributed by atoms with Crippen LogP contribution in [0.5, 0.6) is 0 Å². The average molecular weight is 262 g/mol. The van der Waals surface area contributed by atoms with Crippen molar-refractivity contribution in [2.45, 2.75) is 39.8 Å². The van der Waals surface area contributed by atoms with Crippen LogP contribution >= 0.6 is 0 Å². The minimum Gasteiger partial charge on any atom is -0.439 e. The standard InChI is InChI=1S/C15H22N2O2/c1-11-13(12-8-6-5-7-9-12)19-14(18)16-17(11)10-15(2,3)4/h5-9,11,13H,10H2,1-4H3,(H,16,18)/t11-,13-/m0/s1. The minimum absolute atomic E-state index is 0.0966. The Hall–Kier alpha value is -1.55. The number of ether oxygens (including phenoxy) is 1. The molecule has 1 fully saturated rings. The van der Waals surface area contributed by atoms with Crippen molar-refractivity contribution in [1.82, 2.24) is 10.4 Å². The highest BCUT2D eigenvalue weighted by atomic mass is 16.6. The van der Waals surface area contributed by atoms with Crippen LogP contribution in [0.2, 0.25) is 0 Å². The number of hydrogen-bond donors (Lipinski definition) is 1. The van der Waals surface area contributed by atoms with Gasteiger partial charge in [0.05, 0.1) is 6.04 Å². The first kappa shape index (κ1) is 13.9. The SMILES string of the molecule is C[C@H]1[C@@H](c2ccccc2)OC(=O)NN1CC(C)(C)C. The number of cyclic esters (lactones) is 1. The van der Waals surface area contributed by atoms with Crippen molar-refractivity contribution in [1.29, 1.82) is 0 Å². The van der Waals surface area contributed by atoms with Crippen LogP contribution in [-0.4, -0.2) is 23.7 Å². The molecule has 0 aliphatic carbocycles. The Kier molecular flexibility index (Phi) is 3.80. The van der Waals surface area contributed by atoms with Gasteiger partial charge in [0, 0.05) is 6.54 Å². The summed E-state index contributed by atoms with van der Waals surface area (Å²) in [4.78, 5) is 11.7. The lowest BCUT2D eigenvalue weighted by Gasteiger charge is -2.41. The molecular weight excluding hydrogens is 240 g/mol. The number of nitrogens with zero attached hydrogens (tertiary/aromatic N) is 1. The second-order valence-electron chi connectivity index (χ2n) is 6.28. The van der Waals surface area contributed by atoms with Gasteiger partial charge in [-0.3, -0.25) is 5.43 Å². The highest BCUT2D eigenvalue weighted by molar-refractivity contribution is 5.67. The van der Waals surface area contributed by atoms with E-state index < -0.39 is 0 Å². The molecule has 0 unspecified atom stereocenters. The van der Waals surface area contributed by atoms with E-state index in [4.69, 9.17) is 4.74 Å². The van der Waals surface area contributed by atoms with Crippen LogP contribution in [0.4, 0.5) is 4.79 Å². The lowest BCUT2D eigenvalue weighted by molar-refractivity contribution is -0.0498. The van der Waals surface area contributed by atoms with E-state index in [2.05, 4.69) is 33.1 Å². The van der Waals surface area contributed by atoms with Crippen LogP contribution in [-0.2, 0) is 4.74 Å². The third-order valence-corrected chi connectivity index (χ3v) is 3.17. The van der Waals surface area contributed by atoms with Gasteiger partial charge in [0.1, 0.15) is 6.10 Å². The average Bonchev–Trinajstić information content (AvgIpc) is 2.32. The van der Waals surface area contributed by atoms with E-state index in [9.17, 15) is 4.79 Å². The fraction of sp³-hybridized carbons (Fsp3) is 0.533. The van der Waals surface area contributed by atoms with Crippen molar-refractivity contribution in [3.05, 3.63) is 35.9 Å². The first-order valence-corrected chi connectivity index (χ1v) is 6.66. The summed E-state index contributed by atoms with van der Waals surface area (Å²) in [6, 6.07) is 9.98. The van der Waals surface area contributed by atoms with Crippen LogP contribution in [0.15, 0.2) is 30.3 Å². The summed E-state index contributed by atoms with van der Waals surface area (Å²) in [5.41, 5.74) is 3.94. The molecular formula is C15H22N2O2. The van der Waals surface area contributed by atoms with Crippen molar-refractivity contribution in [2.24, 2.45) is 5.41 Å². The molecule has 1 aliphatic rings. The predicted molar refractivity (Wildman–Crippen MR) is 74.4 cm³/mol. The first-order valence-electron chi connectivity index (χ1n) is 6.66. The van der Waals surface area contributed by atoms with Gasteiger partial charge in [-0.05, 0) is 17.9 Å². The van der Waals surface area contributed by atoms with E-state index in [-0.39, 0.29) is 23.7 Å². The molecule has 4 heteroatoms. The molecule has 1 N–H and O–H groups in total. The number of carbonyl (C=O) groups is 1. The molecule has 2 rings (SSSR count). The molecule has 1 aromatic carbocycles. The van der Waals surface area contributed by atoms with E-state index in [1.165, 1.54) is 0 Å². The van der Waals surface area contributed by atoms with Crippen LogP contribution in [0.25, 0.3) is 0 Å². The molecule has 0 bridgehead atoms. The predicted octanol–water partition coefficient (Wildman–Crippen LogP) is 3.12. The zero-order valence-corrected chi connectivity index (χ0v) is 12.0. The third kappa shape index (κ3) is 3.47. The van der Waals surface area contributed by atoms with Gasteiger partial charge in [-0.25, -0.2) is 9.80 Å². The normalized spacial score (nSPS) is 24.7. The van der Waals surface area contributed by atoms with Crippen LogP contribution in [0.1, 0.15) is 39.4 Å². The van der Waals surface area contributed by atoms with Gasteiger partial charge >= 0.3 is 6.09 Å². The second-order valence-corrected chi connectivity index (χ2v) is 6.28. The monoisotopic (exact) mass is 262 g/mol. The Morgan fingerprint density at radius 1 is 1.26 bits per heavy atom. The first-order chi connectivity index (χ1) is 8.87. The maximum Gasteiger partial charge on any atom is 0.422 e. The number of rotatable bonds is 2. The molecule has 1 saturated heterocycles. The highest BCUT2D eigenvalue weighted by Gasteiger charge is 2.36. The van der Waals surface area contributed by atoms with Crippen molar-refractivity contribution >= 4 is 6.09 Å². The Labute approximate surface area is 114 Å². The zero-order chi connectivity index (χ0) is 14.0. The van der Waals surface area contributed by atoms with Crippen molar-refractivity contribution in [3.63, 3.8) is 0 Å². The summed E-state index contributed by atoms with van der Waals surface area (Å²) >= 11 is 0. The van der Waals surface area contributed by atoms with Crippen molar-refractivity contribution in [2.75, 3.05) is 6.54 Å². The fourth-order valence-electron chi connectivity index (χ4n) is 2.31. The van der Waals surface area contributed by atoms with Gasteiger partial charge in [0.25, 0.3) is 0 Å². The zero-order valence-electron chi connectivity index (χ0n) is 12.0. The minimum atomic E-state index is -0.379. The summed E-state index contributed by atoms with van der Waals surface area (Å²) in [7, 11) is 0. The molecule has 1 aliphatic heterocycles. The van der Waals surface area contributed by atoms with E-state index in [1.54, 1.807) is 0 Å². The molecule has 1 amide bonds. The Morgan fingerprint density at radius 3 is 2.47 bits per heavy atom. The van der Waals surface area contributed by atoms with E-state index in [0.717, 1.165) is 12.1 Å². The van der Waals surface area contributed by atoms with Crippen LogP contribution < -0.4 is 5.43 Å². The topological polar surface area (TPSA) is 41.6 Å². The van der Waals surface area contributed by atoms with Crippen LogP contribution in [0.3, 0.4) is 0 Å². The molecule has 1 heterocycles. The van der Waals surface area contributed by atoms with Crippen LogP contribution in [0, 0.1) is 5.41 Å². The second kappa shape index (κ2) is 5.21. The summed E-state index contributed by atoms with van der Waals surface area (Å²) in [6.07, 6.45) is -0.603. The lowest BCUT2D eigenvalue weighted by Crippen LogP contribution is -2.57. The maximum absolute atomic E-state index is 11.7. The fourth-order valence-corrected chi connectivity index (χ4v) is 2.31. The summed E-state index contributed by atoms with van der Waals surface area (Å²) < 4.78 is 5.44. The smallest absolute Gasteiger partial charge is 0.422 e. The molecule has 0 spiro atoms. The molecule has 1 aromatic rings. The van der Waals surface area contributed by atoms with Gasteiger partial charge in [-0.2, -0.15) is 0 Å². The lowest BCUT2D eigenvalue weighted by atomic mass is 9.94. The number of hydrazine groups is 1. The Morgan fingerprint density at radius 2 is 1.89 bits per heavy atom. The number of nitrogens with one attached hydrogen (secondary N) is 1. The Balaban J connectivity index is 2.19. The Bertz CT molecular complexity index is 439. The molecule has 104 valence electrons. The number of amides is 1. The maximum atomic E-state index is 11.7. The largest absolute Gasteiger partial charge is 0.439 e. The van der Waals surface area contributed by atoms with Crippen molar-refractivity contribution < 1.29 is 9.53 Å². The van der Waals surface area contributed by atoms with Gasteiger partial charge < -0.3 is 4.74 Å². The van der Waals surface area contributed by atoms with E-state index in [0.29, 0.717) is 0 Å². The number of hydrogen-bond acceptors (Lipinski definition) is 3. The highest BCUT2D eigenvalue weighted by Crippen LogP contribution is 2.29. The summed E-state index contributed by atoms with van der Waals surface area (Å²) in [5.74, 6) is 0. The molecule has 0 saturated carbocycles. The van der Waals surface area contributed by atoms with Gasteiger partial charge in [-0.15, -0.1) is 0 Å². The van der Waals surface area contributed by atoms with Gasteiger partial charge in [-0.1, -0.05) is 51.1 Å². The molecule has 19 heavy (non-hydrogen) atoms. The third-order valence-electron chi connectivity index (χ3n) is 3.17.